The number of carbonyl (C=O) groups is 2. The van der Waals surface area contributed by atoms with Gasteiger partial charge in [0.1, 0.15) is 11.5 Å². The van der Waals surface area contributed by atoms with Crippen LogP contribution in [0.15, 0.2) is 72.8 Å². The number of ether oxygens (including phenoxy) is 2. The second-order valence-electron chi connectivity index (χ2n) is 9.90. The van der Waals surface area contributed by atoms with Gasteiger partial charge in [-0.2, -0.15) is 0 Å². The Morgan fingerprint density at radius 1 is 0.659 bits per heavy atom. The molecule has 2 aromatic heterocycles. The number of methoxy groups -OCH3 is 2. The van der Waals surface area contributed by atoms with Crippen LogP contribution in [0.5, 0.6) is 11.5 Å². The Morgan fingerprint density at radius 3 is 1.41 bits per heavy atom. The van der Waals surface area contributed by atoms with Crippen LogP contribution in [0.25, 0.3) is 23.3 Å². The maximum atomic E-state index is 12.7. The zero-order valence-corrected chi connectivity index (χ0v) is 25.3. The molecule has 0 bridgehead atoms. The lowest BCUT2D eigenvalue weighted by atomic mass is 9.97. The minimum absolute atomic E-state index is 0.0269. The van der Waals surface area contributed by atoms with Crippen LogP contribution in [0.3, 0.4) is 0 Å². The van der Waals surface area contributed by atoms with E-state index in [2.05, 4.69) is 26.0 Å². The average Bonchev–Trinajstić information content (AvgIpc) is 3.72. The predicted molar refractivity (Wildman–Crippen MR) is 171 cm³/mol. The summed E-state index contributed by atoms with van der Waals surface area (Å²) in [4.78, 5) is 30.0. The fraction of sp³-hybridized carbons (Fsp3) is 0.200. The maximum Gasteiger partial charge on any atom is 0.185 e. The third-order valence-corrected chi connectivity index (χ3v) is 9.32. The second-order valence-corrected chi connectivity index (χ2v) is 12.5. The van der Waals surface area contributed by atoms with Crippen LogP contribution in [0.1, 0.15) is 70.6 Å². The van der Waals surface area contributed by atoms with Crippen molar-refractivity contribution in [3.05, 3.63) is 115 Å². The van der Waals surface area contributed by atoms with E-state index in [1.165, 1.54) is 32.0 Å². The van der Waals surface area contributed by atoms with Gasteiger partial charge in [0, 0.05) is 30.6 Å². The van der Waals surface area contributed by atoms with E-state index in [1.807, 2.05) is 12.2 Å². The number of thiophene rings is 2. The molecule has 0 amide bonds. The summed E-state index contributed by atoms with van der Waals surface area (Å²) >= 11 is 3.43. The fourth-order valence-electron chi connectivity index (χ4n) is 5.13. The highest BCUT2D eigenvalue weighted by Crippen LogP contribution is 2.45. The van der Waals surface area contributed by atoms with Gasteiger partial charge in [0.15, 0.2) is 11.6 Å². The largest absolute Gasteiger partial charge is 0.497 e. The van der Waals surface area contributed by atoms with Crippen LogP contribution in [0.4, 0.5) is 0 Å². The first-order valence-corrected chi connectivity index (χ1v) is 15.2. The highest BCUT2D eigenvalue weighted by molar-refractivity contribution is 7.13. The Balaban J connectivity index is 1.35. The van der Waals surface area contributed by atoms with Crippen molar-refractivity contribution in [2.75, 3.05) is 14.2 Å². The van der Waals surface area contributed by atoms with Gasteiger partial charge in [-0.1, -0.05) is 0 Å². The molecule has 2 aromatic carbocycles. The molecule has 4 aromatic rings. The molecule has 0 radical (unpaired) electrons. The van der Waals surface area contributed by atoms with E-state index in [9.17, 15) is 9.59 Å². The Kier molecular flexibility index (Phi) is 8.81. The minimum atomic E-state index is -0.0269. The van der Waals surface area contributed by atoms with E-state index >= 15 is 0 Å². The van der Waals surface area contributed by atoms with Crippen molar-refractivity contribution in [2.45, 2.75) is 33.1 Å². The fourth-order valence-corrected chi connectivity index (χ4v) is 7.05. The van der Waals surface area contributed by atoms with E-state index < -0.39 is 0 Å². The molecule has 0 N–H and O–H groups in total. The first kappa shape index (κ1) is 28.5. The molecule has 0 spiro atoms. The molecular weight excluding hydrogens is 549 g/mol. The Bertz CT molecular complexity index is 1540. The first-order valence-electron chi connectivity index (χ1n) is 13.5. The van der Waals surface area contributed by atoms with Crippen LogP contribution >= 0.6 is 22.7 Å². The lowest BCUT2D eigenvalue weighted by molar-refractivity contribution is 0.103. The zero-order chi connectivity index (χ0) is 28.9. The van der Waals surface area contributed by atoms with Crippen LogP contribution < -0.4 is 9.47 Å². The molecule has 1 aliphatic carbocycles. The molecule has 0 aliphatic heterocycles. The lowest BCUT2D eigenvalue weighted by Gasteiger charge is -2.07. The minimum Gasteiger partial charge on any atom is -0.497 e. The zero-order valence-electron chi connectivity index (χ0n) is 23.7. The van der Waals surface area contributed by atoms with Gasteiger partial charge >= 0.3 is 0 Å². The van der Waals surface area contributed by atoms with Crippen molar-refractivity contribution in [2.24, 2.45) is 0 Å². The highest BCUT2D eigenvalue weighted by Gasteiger charge is 2.22. The molecule has 5 rings (SSSR count). The molecule has 208 valence electrons. The van der Waals surface area contributed by atoms with Crippen LogP contribution in [0.2, 0.25) is 0 Å². The van der Waals surface area contributed by atoms with Gasteiger partial charge in [-0.3, -0.25) is 9.59 Å². The molecular formula is C35H32O4S2. The maximum absolute atomic E-state index is 12.7. The molecule has 1 aliphatic rings. The lowest BCUT2D eigenvalue weighted by Crippen LogP contribution is -1.93. The van der Waals surface area contributed by atoms with Gasteiger partial charge in [0.25, 0.3) is 0 Å². The molecule has 0 saturated carbocycles. The van der Waals surface area contributed by atoms with Crippen molar-refractivity contribution in [3.63, 3.8) is 0 Å². The van der Waals surface area contributed by atoms with Crippen molar-refractivity contribution < 1.29 is 19.1 Å². The number of ketones is 2. The van der Waals surface area contributed by atoms with Gasteiger partial charge < -0.3 is 9.47 Å². The van der Waals surface area contributed by atoms with Crippen LogP contribution in [0, 0.1) is 13.8 Å². The SMILES string of the molecule is COc1ccc(C(=O)/C=C/c2cc(C3=C(c4cc(/C=C/C(=O)c5ccc(OC)cc5)sc4C)CCC3)c(C)s2)cc1. The van der Waals surface area contributed by atoms with Gasteiger partial charge in [0.05, 0.1) is 14.2 Å². The first-order chi connectivity index (χ1) is 19.9. The summed E-state index contributed by atoms with van der Waals surface area (Å²) in [6, 6.07) is 18.8. The molecule has 6 heteroatoms. The predicted octanol–water partition coefficient (Wildman–Crippen LogP) is 9.33. The smallest absolute Gasteiger partial charge is 0.185 e. The van der Waals surface area contributed by atoms with E-state index in [1.54, 1.807) is 97.6 Å². The monoisotopic (exact) mass is 580 g/mol. The van der Waals surface area contributed by atoms with Gasteiger partial charge in [0.2, 0.25) is 0 Å². The molecule has 0 fully saturated rings. The Morgan fingerprint density at radius 2 is 1.05 bits per heavy atom. The number of aryl methyl sites for hydroxylation is 2. The second kappa shape index (κ2) is 12.7. The Hall–Kier alpha value is -4.00. The summed E-state index contributed by atoms with van der Waals surface area (Å²) in [5.74, 6) is 1.41. The summed E-state index contributed by atoms with van der Waals surface area (Å²) in [5.41, 5.74) is 6.61. The molecule has 0 saturated heterocycles. The van der Waals surface area contributed by atoms with Crippen LogP contribution in [-0.2, 0) is 0 Å². The third-order valence-electron chi connectivity index (χ3n) is 7.29. The number of benzene rings is 2. The van der Waals surface area contributed by atoms with E-state index in [4.69, 9.17) is 9.47 Å². The third kappa shape index (κ3) is 6.50. The summed E-state index contributed by atoms with van der Waals surface area (Å²) < 4.78 is 10.4. The van der Waals surface area contributed by atoms with E-state index in [0.29, 0.717) is 11.1 Å². The summed E-state index contributed by atoms with van der Waals surface area (Å²) in [7, 11) is 3.23. The number of hydrogen-bond donors (Lipinski definition) is 0. The summed E-state index contributed by atoms with van der Waals surface area (Å²) in [6.45, 7) is 4.32. The molecule has 2 heterocycles. The summed E-state index contributed by atoms with van der Waals surface area (Å²) in [5, 5.41) is 0. The number of hydrogen-bond acceptors (Lipinski definition) is 6. The van der Waals surface area contributed by atoms with Crippen molar-refractivity contribution in [1.82, 2.24) is 0 Å². The van der Waals surface area contributed by atoms with Gasteiger partial charge in [-0.15, -0.1) is 22.7 Å². The van der Waals surface area contributed by atoms with Crippen molar-refractivity contribution >= 4 is 57.5 Å². The van der Waals surface area contributed by atoms with Crippen LogP contribution in [-0.4, -0.2) is 25.8 Å². The normalized spacial score (nSPS) is 13.5. The number of allylic oxidation sites excluding steroid dienone is 4. The number of rotatable bonds is 10. The average molecular weight is 581 g/mol. The van der Waals surface area contributed by atoms with Gasteiger partial charge in [-0.05, 0) is 140 Å². The standard InChI is InChI=1S/C35H32O4S2/c1-22-32(20-28(40-22)16-18-34(36)24-8-12-26(38-3)13-9-24)30-6-5-7-31(30)33-21-29(41-23(33)2)17-19-35(37)25-10-14-27(39-4)15-11-25/h8-21H,5-7H2,1-4H3/b18-16+,19-17+. The van der Waals surface area contributed by atoms with Crippen molar-refractivity contribution in [3.8, 4) is 11.5 Å². The van der Waals surface area contributed by atoms with E-state index in [-0.39, 0.29) is 11.6 Å². The topological polar surface area (TPSA) is 52.6 Å². The van der Waals surface area contributed by atoms with E-state index in [0.717, 1.165) is 40.5 Å². The summed E-state index contributed by atoms with van der Waals surface area (Å²) in [6.07, 6.45) is 10.3. The highest BCUT2D eigenvalue weighted by atomic mass is 32.1. The molecule has 0 atom stereocenters. The number of carbonyl (C=O) groups excluding carboxylic acids is 2. The molecule has 4 nitrogen and oxygen atoms in total. The van der Waals surface area contributed by atoms with Crippen molar-refractivity contribution in [1.29, 1.82) is 0 Å². The molecule has 41 heavy (non-hydrogen) atoms. The Labute approximate surface area is 249 Å². The molecule has 0 unspecified atom stereocenters. The quantitative estimate of drug-likeness (QED) is 0.139. The van der Waals surface area contributed by atoms with Gasteiger partial charge in [-0.25, -0.2) is 0 Å².